The molecule has 0 aromatic heterocycles. The van der Waals surface area contributed by atoms with Crippen molar-refractivity contribution in [3.63, 3.8) is 0 Å². The minimum absolute atomic E-state index is 0.0237. The number of benzene rings is 2. The third kappa shape index (κ3) is 4.11. The predicted molar refractivity (Wildman–Crippen MR) is 122 cm³/mol. The quantitative estimate of drug-likeness (QED) is 0.661. The van der Waals surface area contributed by atoms with E-state index in [9.17, 15) is 9.59 Å². The fourth-order valence-corrected chi connectivity index (χ4v) is 4.91. The summed E-state index contributed by atoms with van der Waals surface area (Å²) in [6.07, 6.45) is 3.43. The van der Waals surface area contributed by atoms with Gasteiger partial charge in [-0.3, -0.25) is 9.59 Å². The monoisotopic (exact) mass is 440 g/mol. The lowest BCUT2D eigenvalue weighted by Gasteiger charge is -2.35. The minimum Gasteiger partial charge on any atom is -0.493 e. The molecule has 0 fully saturated rings. The second kappa shape index (κ2) is 9.22. The summed E-state index contributed by atoms with van der Waals surface area (Å²) in [7, 11) is 3.25. The van der Waals surface area contributed by atoms with Crippen LogP contribution in [-0.4, -0.2) is 60.4 Å². The zero-order valence-electron chi connectivity index (χ0n) is 18.2. The van der Waals surface area contributed by atoms with Gasteiger partial charge in [-0.15, -0.1) is 0 Å². The van der Waals surface area contributed by atoms with E-state index in [4.69, 9.17) is 9.47 Å². The lowest BCUT2D eigenvalue weighted by molar-refractivity contribution is -0.137. The van der Waals surface area contributed by atoms with Gasteiger partial charge in [0, 0.05) is 25.2 Å². The Bertz CT molecular complexity index is 994. The van der Waals surface area contributed by atoms with Crippen molar-refractivity contribution in [2.45, 2.75) is 32.0 Å². The van der Waals surface area contributed by atoms with E-state index in [-0.39, 0.29) is 11.8 Å². The Balaban J connectivity index is 1.57. The van der Waals surface area contributed by atoms with E-state index in [0.29, 0.717) is 43.1 Å². The summed E-state index contributed by atoms with van der Waals surface area (Å²) < 4.78 is 10.9. The number of nitrogens with zero attached hydrogens (tertiary/aromatic N) is 2. The maximum atomic E-state index is 13.6. The Morgan fingerprint density at radius 2 is 1.77 bits per heavy atom. The second-order valence-electron chi connectivity index (χ2n) is 7.87. The van der Waals surface area contributed by atoms with Crippen LogP contribution < -0.4 is 9.47 Å². The number of carbonyl (C=O) groups is 2. The smallest absolute Gasteiger partial charge is 0.255 e. The van der Waals surface area contributed by atoms with E-state index in [2.05, 4.69) is 0 Å². The summed E-state index contributed by atoms with van der Waals surface area (Å²) in [5, 5.41) is 0. The Morgan fingerprint density at radius 1 is 1.06 bits per heavy atom. The molecule has 7 heteroatoms. The molecule has 31 heavy (non-hydrogen) atoms. The second-order valence-corrected chi connectivity index (χ2v) is 8.86. The van der Waals surface area contributed by atoms with Crippen molar-refractivity contribution < 1.29 is 19.1 Å². The van der Waals surface area contributed by atoms with E-state index in [0.717, 1.165) is 23.3 Å². The highest BCUT2D eigenvalue weighted by atomic mass is 32.2. The number of methoxy groups -OCH3 is 2. The van der Waals surface area contributed by atoms with Gasteiger partial charge in [0.1, 0.15) is 6.04 Å². The summed E-state index contributed by atoms with van der Waals surface area (Å²) in [6.45, 7) is 1.64. The highest BCUT2D eigenvalue weighted by Gasteiger charge is 2.38. The molecule has 2 aliphatic rings. The van der Waals surface area contributed by atoms with Crippen molar-refractivity contribution >= 4 is 23.6 Å². The van der Waals surface area contributed by atoms with Crippen LogP contribution in [0.4, 0.5) is 0 Å². The van der Waals surface area contributed by atoms with Crippen molar-refractivity contribution in [3.8, 4) is 11.5 Å². The van der Waals surface area contributed by atoms with Gasteiger partial charge in [0.25, 0.3) is 5.91 Å². The first-order valence-electron chi connectivity index (χ1n) is 10.5. The van der Waals surface area contributed by atoms with Gasteiger partial charge in [0.15, 0.2) is 11.5 Å². The lowest BCUT2D eigenvalue weighted by atomic mass is 9.97. The number of carbonyl (C=O) groups excluding carboxylic acids is 2. The number of fused-ring (bicyclic) bond motifs is 2. The number of hydrogen-bond acceptors (Lipinski definition) is 5. The van der Waals surface area contributed by atoms with E-state index >= 15 is 0 Å². The third-order valence-electron chi connectivity index (χ3n) is 6.14. The van der Waals surface area contributed by atoms with Crippen LogP contribution in [0.2, 0.25) is 0 Å². The van der Waals surface area contributed by atoms with Crippen molar-refractivity contribution in [1.29, 1.82) is 0 Å². The zero-order chi connectivity index (χ0) is 22.0. The number of amides is 2. The maximum Gasteiger partial charge on any atom is 0.255 e. The molecule has 0 spiro atoms. The van der Waals surface area contributed by atoms with E-state index in [1.165, 1.54) is 5.56 Å². The van der Waals surface area contributed by atoms with Gasteiger partial charge in [-0.1, -0.05) is 18.2 Å². The van der Waals surface area contributed by atoms with Crippen molar-refractivity contribution in [1.82, 2.24) is 9.80 Å². The average Bonchev–Trinajstić information content (AvgIpc) is 3.14. The number of hydrogen-bond donors (Lipinski definition) is 0. The van der Waals surface area contributed by atoms with Crippen LogP contribution in [0.5, 0.6) is 11.5 Å². The first kappa shape index (κ1) is 21.6. The molecule has 2 heterocycles. The van der Waals surface area contributed by atoms with Gasteiger partial charge < -0.3 is 19.3 Å². The molecule has 0 N–H and O–H groups in total. The number of thioether (sulfide) groups is 1. The molecule has 1 unspecified atom stereocenters. The molecule has 2 aromatic carbocycles. The highest BCUT2D eigenvalue weighted by molar-refractivity contribution is 7.98. The lowest BCUT2D eigenvalue weighted by Crippen LogP contribution is -2.50. The van der Waals surface area contributed by atoms with Gasteiger partial charge in [0.2, 0.25) is 5.91 Å². The van der Waals surface area contributed by atoms with Crippen molar-refractivity contribution in [2.24, 2.45) is 0 Å². The molecule has 2 aliphatic heterocycles. The molecule has 0 saturated carbocycles. The standard InChI is InChI=1S/C24H28N2O4S/c1-29-21-12-16-8-10-25(14-18(16)13-22(21)30-2)24(28)20(9-11-31-3)26-15-17-6-4-5-7-19(17)23(26)27/h4-7,12-13,20H,8-11,14-15H2,1-3H3. The summed E-state index contributed by atoms with van der Waals surface area (Å²) in [5.74, 6) is 2.18. The fourth-order valence-electron chi connectivity index (χ4n) is 4.45. The van der Waals surface area contributed by atoms with Crippen LogP contribution in [0, 0.1) is 0 Å². The van der Waals surface area contributed by atoms with E-state index in [1.807, 2.05) is 47.6 Å². The molecule has 164 valence electrons. The Hall–Kier alpha value is -2.67. The van der Waals surface area contributed by atoms with Gasteiger partial charge in [-0.05, 0) is 59.7 Å². The molecule has 4 rings (SSSR count). The molecule has 0 radical (unpaired) electrons. The third-order valence-corrected chi connectivity index (χ3v) is 6.78. The highest BCUT2D eigenvalue weighted by Crippen LogP contribution is 2.34. The molecule has 2 amide bonds. The summed E-state index contributed by atoms with van der Waals surface area (Å²) in [4.78, 5) is 30.3. The number of rotatable bonds is 7. The normalized spacial score (nSPS) is 16.0. The van der Waals surface area contributed by atoms with Crippen LogP contribution in [0.1, 0.15) is 33.5 Å². The molecule has 2 aromatic rings. The van der Waals surface area contributed by atoms with Crippen LogP contribution in [0.3, 0.4) is 0 Å². The van der Waals surface area contributed by atoms with Gasteiger partial charge in [-0.25, -0.2) is 0 Å². The first-order valence-corrected chi connectivity index (χ1v) is 11.9. The SMILES string of the molecule is COc1cc2c(cc1OC)CN(C(=O)C(CCSC)N1Cc3ccccc3C1=O)CC2. The minimum atomic E-state index is -0.450. The molecule has 0 bridgehead atoms. The first-order chi connectivity index (χ1) is 15.1. The number of ether oxygens (including phenoxy) is 2. The molecular weight excluding hydrogens is 412 g/mol. The fraction of sp³-hybridized carbons (Fsp3) is 0.417. The van der Waals surface area contributed by atoms with E-state index < -0.39 is 6.04 Å². The van der Waals surface area contributed by atoms with E-state index in [1.54, 1.807) is 30.9 Å². The van der Waals surface area contributed by atoms with Crippen molar-refractivity contribution in [3.05, 3.63) is 58.7 Å². The molecule has 6 nitrogen and oxygen atoms in total. The largest absolute Gasteiger partial charge is 0.493 e. The van der Waals surface area contributed by atoms with Crippen molar-refractivity contribution in [2.75, 3.05) is 32.8 Å². The average molecular weight is 441 g/mol. The van der Waals surface area contributed by atoms with Gasteiger partial charge >= 0.3 is 0 Å². The molecule has 0 aliphatic carbocycles. The maximum absolute atomic E-state index is 13.6. The van der Waals surface area contributed by atoms with Crippen LogP contribution >= 0.6 is 11.8 Å². The Morgan fingerprint density at radius 3 is 2.45 bits per heavy atom. The molecule has 1 atom stereocenters. The molecular formula is C24H28N2O4S. The topological polar surface area (TPSA) is 59.1 Å². The Labute approximate surface area is 187 Å². The van der Waals surface area contributed by atoms with Crippen LogP contribution in [0.25, 0.3) is 0 Å². The van der Waals surface area contributed by atoms with Gasteiger partial charge in [-0.2, -0.15) is 11.8 Å². The van der Waals surface area contributed by atoms with Crippen LogP contribution in [-0.2, 0) is 24.3 Å². The van der Waals surface area contributed by atoms with Gasteiger partial charge in [0.05, 0.1) is 14.2 Å². The summed E-state index contributed by atoms with van der Waals surface area (Å²) in [5.41, 5.74) is 3.95. The molecule has 0 saturated heterocycles. The predicted octanol–water partition coefficient (Wildman–Crippen LogP) is 3.37. The van der Waals surface area contributed by atoms with Crippen LogP contribution in [0.15, 0.2) is 36.4 Å². The zero-order valence-corrected chi connectivity index (χ0v) is 19.0. The summed E-state index contributed by atoms with van der Waals surface area (Å²) >= 11 is 1.70. The summed E-state index contributed by atoms with van der Waals surface area (Å²) in [6, 6.07) is 11.2. The Kier molecular flexibility index (Phi) is 6.41.